The van der Waals surface area contributed by atoms with Crippen LogP contribution in [0.1, 0.15) is 29.0 Å². The maximum atomic E-state index is 11.5. The van der Waals surface area contributed by atoms with Crippen molar-refractivity contribution in [2.24, 2.45) is 5.92 Å². The van der Waals surface area contributed by atoms with Gasteiger partial charge in [0.05, 0.1) is 0 Å². The van der Waals surface area contributed by atoms with E-state index in [2.05, 4.69) is 21.2 Å². The van der Waals surface area contributed by atoms with Crippen LogP contribution in [0.5, 0.6) is 0 Å². The van der Waals surface area contributed by atoms with Gasteiger partial charge in [-0.25, -0.2) is 0 Å². The fraction of sp³-hybridized carbons (Fsp3) is 0.455. The highest BCUT2D eigenvalue weighted by atomic mass is 79.9. The quantitative estimate of drug-likeness (QED) is 0.811. The predicted molar refractivity (Wildman–Crippen MR) is 66.4 cm³/mol. The molecule has 2 amide bonds. The van der Waals surface area contributed by atoms with Crippen molar-refractivity contribution in [2.45, 2.75) is 26.2 Å². The summed E-state index contributed by atoms with van der Waals surface area (Å²) in [7, 11) is 0. The van der Waals surface area contributed by atoms with Crippen LogP contribution in [0.3, 0.4) is 0 Å². The van der Waals surface area contributed by atoms with Crippen molar-refractivity contribution >= 4 is 39.1 Å². The van der Waals surface area contributed by atoms with Gasteiger partial charge in [0.15, 0.2) is 0 Å². The summed E-state index contributed by atoms with van der Waals surface area (Å²) in [6, 6.07) is 2.02. The number of rotatable bonds is 1. The summed E-state index contributed by atoms with van der Waals surface area (Å²) in [4.78, 5) is 25.2. The van der Waals surface area contributed by atoms with Gasteiger partial charge in [0.1, 0.15) is 0 Å². The molecule has 1 aliphatic rings. The first-order valence-corrected chi connectivity index (χ1v) is 6.69. The molecule has 2 heterocycles. The van der Waals surface area contributed by atoms with Crippen molar-refractivity contribution in [3.63, 3.8) is 0 Å². The van der Waals surface area contributed by atoms with Crippen LogP contribution in [-0.4, -0.2) is 11.8 Å². The van der Waals surface area contributed by atoms with Gasteiger partial charge in [-0.15, -0.1) is 11.3 Å². The number of hydrogen-bond donors (Lipinski definition) is 1. The fourth-order valence-electron chi connectivity index (χ4n) is 1.87. The Kier molecular flexibility index (Phi) is 3.17. The number of halogens is 1. The van der Waals surface area contributed by atoms with Crippen LogP contribution in [0.15, 0.2) is 10.5 Å². The van der Waals surface area contributed by atoms with Gasteiger partial charge in [-0.2, -0.15) is 0 Å². The van der Waals surface area contributed by atoms with Gasteiger partial charge in [-0.3, -0.25) is 14.9 Å². The molecule has 86 valence electrons. The summed E-state index contributed by atoms with van der Waals surface area (Å²) in [5.74, 6) is -0.447. The lowest BCUT2D eigenvalue weighted by Gasteiger charge is -2.26. The summed E-state index contributed by atoms with van der Waals surface area (Å²) in [6.45, 7) is 3.89. The van der Waals surface area contributed by atoms with E-state index in [0.717, 1.165) is 9.35 Å². The van der Waals surface area contributed by atoms with Gasteiger partial charge >= 0.3 is 0 Å². The summed E-state index contributed by atoms with van der Waals surface area (Å²) >= 11 is 5.11. The summed E-state index contributed by atoms with van der Waals surface area (Å²) in [5, 5.41) is 2.37. The minimum Gasteiger partial charge on any atom is -0.296 e. The molecule has 0 bridgehead atoms. The van der Waals surface area contributed by atoms with Crippen LogP contribution in [0.25, 0.3) is 0 Å². The molecule has 1 saturated heterocycles. The summed E-state index contributed by atoms with van der Waals surface area (Å²) in [6.07, 6.45) is 0.402. The number of carbonyl (C=O) groups excluding carboxylic acids is 2. The van der Waals surface area contributed by atoms with Gasteiger partial charge in [0, 0.05) is 32.5 Å². The third-order valence-electron chi connectivity index (χ3n) is 2.93. The van der Waals surface area contributed by atoms with E-state index in [9.17, 15) is 9.59 Å². The summed E-state index contributed by atoms with van der Waals surface area (Å²) < 4.78 is 1.05. The number of imide groups is 1. The zero-order valence-corrected chi connectivity index (χ0v) is 11.4. The van der Waals surface area contributed by atoms with Gasteiger partial charge < -0.3 is 0 Å². The molecule has 5 heteroatoms. The lowest BCUT2D eigenvalue weighted by molar-refractivity contribution is -0.136. The van der Waals surface area contributed by atoms with E-state index in [4.69, 9.17) is 0 Å². The highest BCUT2D eigenvalue weighted by Crippen LogP contribution is 2.38. The van der Waals surface area contributed by atoms with Crippen molar-refractivity contribution in [1.29, 1.82) is 0 Å². The normalized spacial score (nSPS) is 25.7. The molecule has 2 atom stereocenters. The standard InChI is InChI=1S/C11H12BrNO2S/c1-5-7(3-10(14)13-11(5)15)9-4-8(12)6(2)16-9/h4-5,7H,3H2,1-2H3,(H,13,14,15). The first-order chi connectivity index (χ1) is 7.49. The third kappa shape index (κ3) is 2.06. The van der Waals surface area contributed by atoms with E-state index in [0.29, 0.717) is 6.42 Å². The molecule has 0 radical (unpaired) electrons. The van der Waals surface area contributed by atoms with Crippen LogP contribution < -0.4 is 5.32 Å². The van der Waals surface area contributed by atoms with E-state index < -0.39 is 0 Å². The van der Waals surface area contributed by atoms with E-state index in [-0.39, 0.29) is 23.7 Å². The van der Waals surface area contributed by atoms with Crippen molar-refractivity contribution in [1.82, 2.24) is 5.32 Å². The largest absolute Gasteiger partial charge is 0.296 e. The van der Waals surface area contributed by atoms with E-state index >= 15 is 0 Å². The monoisotopic (exact) mass is 301 g/mol. The Morgan fingerprint density at radius 1 is 1.50 bits per heavy atom. The van der Waals surface area contributed by atoms with Gasteiger partial charge in [-0.05, 0) is 28.9 Å². The van der Waals surface area contributed by atoms with Gasteiger partial charge in [0.25, 0.3) is 0 Å². The third-order valence-corrected chi connectivity index (χ3v) is 5.20. The van der Waals surface area contributed by atoms with Crippen molar-refractivity contribution in [3.05, 3.63) is 20.3 Å². The molecule has 1 N–H and O–H groups in total. The Labute approximate surface area is 106 Å². The molecule has 0 spiro atoms. The predicted octanol–water partition coefficient (Wildman–Crippen LogP) is 2.59. The van der Waals surface area contributed by atoms with Crippen LogP contribution in [0.2, 0.25) is 0 Å². The smallest absolute Gasteiger partial charge is 0.230 e. The second-order valence-electron chi connectivity index (χ2n) is 4.06. The zero-order chi connectivity index (χ0) is 11.9. The lowest BCUT2D eigenvalue weighted by Crippen LogP contribution is -2.43. The molecule has 3 nitrogen and oxygen atoms in total. The SMILES string of the molecule is Cc1sc(C2CC(=O)NC(=O)C2C)cc1Br. The highest BCUT2D eigenvalue weighted by molar-refractivity contribution is 9.10. The average Bonchev–Trinajstić information content (AvgIpc) is 2.53. The first-order valence-electron chi connectivity index (χ1n) is 5.08. The Balaban J connectivity index is 2.31. The molecule has 2 rings (SSSR count). The number of carbonyl (C=O) groups is 2. The zero-order valence-electron chi connectivity index (χ0n) is 9.04. The highest BCUT2D eigenvalue weighted by Gasteiger charge is 2.34. The second-order valence-corrected chi connectivity index (χ2v) is 6.21. The molecule has 1 aromatic heterocycles. The van der Waals surface area contributed by atoms with Crippen molar-refractivity contribution in [2.75, 3.05) is 0 Å². The van der Waals surface area contributed by atoms with Crippen LogP contribution in [0.4, 0.5) is 0 Å². The van der Waals surface area contributed by atoms with Crippen molar-refractivity contribution < 1.29 is 9.59 Å². The molecule has 16 heavy (non-hydrogen) atoms. The topological polar surface area (TPSA) is 46.2 Å². The number of nitrogens with one attached hydrogen (secondary N) is 1. The van der Waals surface area contributed by atoms with E-state index in [1.54, 1.807) is 11.3 Å². The Hall–Kier alpha value is -0.680. The number of amides is 2. The Morgan fingerprint density at radius 3 is 2.75 bits per heavy atom. The molecule has 1 aliphatic heterocycles. The van der Waals surface area contributed by atoms with Crippen LogP contribution in [-0.2, 0) is 9.59 Å². The molecule has 0 saturated carbocycles. The Morgan fingerprint density at radius 2 is 2.19 bits per heavy atom. The molecule has 1 fully saturated rings. The van der Waals surface area contributed by atoms with E-state index in [1.807, 2.05) is 19.9 Å². The maximum absolute atomic E-state index is 11.5. The van der Waals surface area contributed by atoms with E-state index in [1.165, 1.54) is 4.88 Å². The fourth-order valence-corrected chi connectivity index (χ4v) is 3.64. The van der Waals surface area contributed by atoms with Crippen LogP contribution >= 0.6 is 27.3 Å². The average molecular weight is 302 g/mol. The molecular weight excluding hydrogens is 290 g/mol. The summed E-state index contributed by atoms with van der Waals surface area (Å²) in [5.41, 5.74) is 0. The number of piperidine rings is 1. The molecule has 1 aromatic rings. The lowest BCUT2D eigenvalue weighted by atomic mass is 9.86. The van der Waals surface area contributed by atoms with Crippen LogP contribution in [0, 0.1) is 12.8 Å². The molecule has 0 aromatic carbocycles. The first kappa shape index (κ1) is 11.8. The maximum Gasteiger partial charge on any atom is 0.230 e. The van der Waals surface area contributed by atoms with Crippen molar-refractivity contribution in [3.8, 4) is 0 Å². The Bertz CT molecular complexity index is 435. The molecule has 2 unspecified atom stereocenters. The number of aryl methyl sites for hydroxylation is 1. The molecular formula is C11H12BrNO2S. The van der Waals surface area contributed by atoms with Gasteiger partial charge in [-0.1, -0.05) is 6.92 Å². The van der Waals surface area contributed by atoms with Gasteiger partial charge in [0.2, 0.25) is 11.8 Å². The molecule has 0 aliphatic carbocycles. The minimum absolute atomic E-state index is 0.0243. The minimum atomic E-state index is -0.171. The number of hydrogen-bond acceptors (Lipinski definition) is 3. The number of thiophene rings is 1. The second kappa shape index (κ2) is 4.30.